The highest BCUT2D eigenvalue weighted by molar-refractivity contribution is 5.94. The molecule has 0 heterocycles. The largest absolute Gasteiger partial charge is 0.355 e. The van der Waals surface area contributed by atoms with Gasteiger partial charge in [-0.1, -0.05) is 0 Å². The molecule has 0 saturated heterocycles. The molecule has 0 radical (unpaired) electrons. The molecule has 6 nitrogen and oxygen atoms in total. The van der Waals surface area contributed by atoms with Crippen molar-refractivity contribution in [1.82, 2.24) is 0 Å². The zero-order valence-corrected chi connectivity index (χ0v) is 6.61. The van der Waals surface area contributed by atoms with Crippen molar-refractivity contribution in [1.29, 1.82) is 0 Å². The molecule has 12 heavy (non-hydrogen) atoms. The molecular weight excluding hydrogens is 168 g/mol. The zero-order valence-electron chi connectivity index (χ0n) is 6.61. The lowest BCUT2D eigenvalue weighted by Gasteiger charge is -2.30. The van der Waals surface area contributed by atoms with E-state index in [2.05, 4.69) is 0 Å². The fraction of sp³-hybridized carbons (Fsp3) is 0.667. The van der Waals surface area contributed by atoms with Crippen LogP contribution in [0.2, 0.25) is 0 Å². The van der Waals surface area contributed by atoms with Crippen LogP contribution in [0.3, 0.4) is 0 Å². The van der Waals surface area contributed by atoms with Crippen LogP contribution < -0.4 is 0 Å². The van der Waals surface area contributed by atoms with Gasteiger partial charge in [0.2, 0.25) is 0 Å². The van der Waals surface area contributed by atoms with Crippen LogP contribution in [0.4, 0.5) is 0 Å². The summed E-state index contributed by atoms with van der Waals surface area (Å²) in [5.41, 5.74) is 0. The molecule has 0 bridgehead atoms. The fourth-order valence-corrected chi connectivity index (χ4v) is 0.491. The van der Waals surface area contributed by atoms with Crippen molar-refractivity contribution in [3.8, 4) is 0 Å². The molecule has 0 saturated carbocycles. The summed E-state index contributed by atoms with van der Waals surface area (Å²) in [7, 11) is 0. The molecule has 0 aromatic carbocycles. The molecule has 0 rings (SSSR count). The Morgan fingerprint density at radius 3 is 1.08 bits per heavy atom. The maximum Gasteiger partial charge on any atom is 0.287 e. The van der Waals surface area contributed by atoms with Gasteiger partial charge >= 0.3 is 0 Å². The average Bonchev–Trinajstić information content (AvgIpc) is 1.86. The lowest BCUT2D eigenvalue weighted by molar-refractivity contribution is -0.316. The second kappa shape index (κ2) is 2.91. The zero-order chi connectivity index (χ0) is 10.2. The first-order valence-corrected chi connectivity index (χ1v) is 3.05. The molecule has 0 aromatic heterocycles. The number of ketones is 2. The normalized spacial score (nSPS) is 12.8. The van der Waals surface area contributed by atoms with Crippen LogP contribution >= 0.6 is 0 Å². The molecule has 6 heteroatoms. The predicted octanol–water partition coefficient (Wildman–Crippen LogP) is -2.47. The van der Waals surface area contributed by atoms with Crippen molar-refractivity contribution in [3.63, 3.8) is 0 Å². The maximum absolute atomic E-state index is 10.4. The Kier molecular flexibility index (Phi) is 2.71. The summed E-state index contributed by atoms with van der Waals surface area (Å²) in [5, 5.41) is 35.1. The molecule has 0 aromatic rings. The molecule has 0 unspecified atom stereocenters. The lowest BCUT2D eigenvalue weighted by atomic mass is 9.99. The summed E-state index contributed by atoms with van der Waals surface area (Å²) < 4.78 is 0. The van der Waals surface area contributed by atoms with Crippen LogP contribution in [0.25, 0.3) is 0 Å². The number of rotatable bonds is 3. The quantitative estimate of drug-likeness (QED) is 0.356. The highest BCUT2D eigenvalue weighted by Crippen LogP contribution is 2.18. The highest BCUT2D eigenvalue weighted by atomic mass is 16.6. The van der Waals surface area contributed by atoms with Crippen LogP contribution in [0.5, 0.6) is 0 Å². The first-order valence-electron chi connectivity index (χ1n) is 3.05. The Hall–Kier alpha value is -0.820. The molecule has 0 atom stereocenters. The molecule has 4 N–H and O–H groups in total. The minimum atomic E-state index is -3.46. The monoisotopic (exact) mass is 178 g/mol. The van der Waals surface area contributed by atoms with Crippen molar-refractivity contribution in [2.45, 2.75) is 25.4 Å². The first kappa shape index (κ1) is 11.2. The van der Waals surface area contributed by atoms with Gasteiger partial charge in [-0.2, -0.15) is 0 Å². The van der Waals surface area contributed by atoms with Crippen LogP contribution in [0.15, 0.2) is 0 Å². The SMILES string of the molecule is CC(=O)C(O)(O)C(O)(O)C(C)=O. The van der Waals surface area contributed by atoms with E-state index >= 15 is 0 Å². The van der Waals surface area contributed by atoms with E-state index < -0.39 is 23.1 Å². The summed E-state index contributed by atoms with van der Waals surface area (Å²) in [6, 6.07) is 0. The van der Waals surface area contributed by atoms with E-state index in [1.807, 2.05) is 0 Å². The van der Waals surface area contributed by atoms with Crippen molar-refractivity contribution in [3.05, 3.63) is 0 Å². The Labute approximate surface area is 68.1 Å². The third-order valence-corrected chi connectivity index (χ3v) is 1.47. The summed E-state index contributed by atoms with van der Waals surface area (Å²) in [5.74, 6) is -9.58. The maximum atomic E-state index is 10.4. The van der Waals surface area contributed by atoms with Gasteiger partial charge < -0.3 is 20.4 Å². The minimum absolute atomic E-state index is 0.712. The van der Waals surface area contributed by atoms with Gasteiger partial charge in [0.1, 0.15) is 0 Å². The molecular formula is C6H10O6. The number of carbonyl (C=O) groups excluding carboxylic acids is 2. The lowest BCUT2D eigenvalue weighted by Crippen LogP contribution is -2.62. The average molecular weight is 178 g/mol. The highest BCUT2D eigenvalue weighted by Gasteiger charge is 2.55. The van der Waals surface area contributed by atoms with E-state index in [9.17, 15) is 9.59 Å². The van der Waals surface area contributed by atoms with Crippen molar-refractivity contribution >= 4 is 11.6 Å². The second-order valence-electron chi connectivity index (χ2n) is 2.46. The van der Waals surface area contributed by atoms with Gasteiger partial charge in [-0.25, -0.2) is 0 Å². The topological polar surface area (TPSA) is 115 Å². The van der Waals surface area contributed by atoms with E-state index in [0.29, 0.717) is 13.8 Å². The van der Waals surface area contributed by atoms with Gasteiger partial charge in [-0.15, -0.1) is 0 Å². The molecule has 0 aliphatic rings. The molecule has 0 aliphatic carbocycles. The summed E-state index contributed by atoms with van der Waals surface area (Å²) >= 11 is 0. The van der Waals surface area contributed by atoms with E-state index in [-0.39, 0.29) is 0 Å². The Morgan fingerprint density at radius 1 is 0.833 bits per heavy atom. The van der Waals surface area contributed by atoms with Gasteiger partial charge in [-0.3, -0.25) is 9.59 Å². The smallest absolute Gasteiger partial charge is 0.287 e. The van der Waals surface area contributed by atoms with Crippen molar-refractivity contribution in [2.24, 2.45) is 0 Å². The van der Waals surface area contributed by atoms with E-state index in [1.54, 1.807) is 0 Å². The molecule has 0 aliphatic heterocycles. The van der Waals surface area contributed by atoms with Gasteiger partial charge in [0.25, 0.3) is 11.6 Å². The Bertz CT molecular complexity index is 192. The Morgan fingerprint density at radius 2 is 1.00 bits per heavy atom. The van der Waals surface area contributed by atoms with Crippen LogP contribution in [0.1, 0.15) is 13.8 Å². The molecule has 0 spiro atoms. The van der Waals surface area contributed by atoms with Gasteiger partial charge in [0, 0.05) is 13.8 Å². The molecule has 0 amide bonds. The predicted molar refractivity (Wildman–Crippen MR) is 35.7 cm³/mol. The van der Waals surface area contributed by atoms with Crippen molar-refractivity contribution in [2.75, 3.05) is 0 Å². The number of carbonyl (C=O) groups is 2. The summed E-state index contributed by atoms with van der Waals surface area (Å²) in [6.07, 6.45) is 0. The second-order valence-corrected chi connectivity index (χ2v) is 2.46. The number of hydrogen-bond donors (Lipinski definition) is 4. The number of hydrogen-bond acceptors (Lipinski definition) is 6. The van der Waals surface area contributed by atoms with Crippen LogP contribution in [-0.2, 0) is 9.59 Å². The van der Waals surface area contributed by atoms with E-state index in [4.69, 9.17) is 20.4 Å². The van der Waals surface area contributed by atoms with Gasteiger partial charge in [-0.05, 0) is 0 Å². The standard InChI is InChI=1S/C6H10O6/c1-3(7)5(9,10)6(11,12)4(2)8/h9-12H,1-2H3. The number of aliphatic hydroxyl groups is 4. The fourth-order valence-electron chi connectivity index (χ4n) is 0.491. The molecule has 70 valence electrons. The van der Waals surface area contributed by atoms with E-state index in [0.717, 1.165) is 0 Å². The minimum Gasteiger partial charge on any atom is -0.355 e. The third-order valence-electron chi connectivity index (χ3n) is 1.47. The summed E-state index contributed by atoms with van der Waals surface area (Å²) in [6.45, 7) is 1.42. The summed E-state index contributed by atoms with van der Waals surface area (Å²) in [4.78, 5) is 20.9. The number of Topliss-reactive ketones (excluding diaryl/α,β-unsaturated/α-hetero) is 2. The first-order chi connectivity index (χ1) is 5.14. The Balaban J connectivity index is 5.01. The van der Waals surface area contributed by atoms with Crippen LogP contribution in [0, 0.1) is 0 Å². The van der Waals surface area contributed by atoms with E-state index in [1.165, 1.54) is 0 Å². The van der Waals surface area contributed by atoms with Gasteiger partial charge in [0.15, 0.2) is 11.6 Å². The molecule has 0 fully saturated rings. The van der Waals surface area contributed by atoms with Gasteiger partial charge in [0.05, 0.1) is 0 Å². The van der Waals surface area contributed by atoms with Crippen LogP contribution in [-0.4, -0.2) is 43.6 Å². The van der Waals surface area contributed by atoms with Crippen molar-refractivity contribution < 1.29 is 30.0 Å². The third kappa shape index (κ3) is 1.51.